The van der Waals surface area contributed by atoms with Gasteiger partial charge in [-0.2, -0.15) is 0 Å². The number of carbonyl (C=O) groups is 1. The molecule has 1 aromatic rings. The van der Waals surface area contributed by atoms with Crippen molar-refractivity contribution >= 4 is 17.3 Å². The van der Waals surface area contributed by atoms with Gasteiger partial charge in [-0.05, 0) is 12.1 Å². The molecule has 13 heavy (non-hydrogen) atoms. The molecule has 0 amide bonds. The minimum absolute atomic E-state index is 0.423. The van der Waals surface area contributed by atoms with E-state index in [0.29, 0.717) is 6.54 Å². The van der Waals surface area contributed by atoms with Gasteiger partial charge in [0.1, 0.15) is 6.04 Å². The number of hydrogen-bond donors (Lipinski definition) is 3. The van der Waals surface area contributed by atoms with E-state index in [4.69, 9.17) is 5.11 Å². The van der Waals surface area contributed by atoms with Gasteiger partial charge in [0.25, 0.3) is 0 Å². The Labute approximate surface area is 75.6 Å². The van der Waals surface area contributed by atoms with Gasteiger partial charge in [-0.1, -0.05) is 12.1 Å². The number of benzene rings is 1. The van der Waals surface area contributed by atoms with Crippen LogP contribution in [0.1, 0.15) is 0 Å². The van der Waals surface area contributed by atoms with Gasteiger partial charge < -0.3 is 15.7 Å². The molecule has 1 aliphatic heterocycles. The monoisotopic (exact) mass is 178 g/mol. The first-order valence-corrected chi connectivity index (χ1v) is 4.09. The molecule has 0 spiro atoms. The number of carboxylic acid groups (broad SMARTS) is 1. The first-order chi connectivity index (χ1) is 6.27. The summed E-state index contributed by atoms with van der Waals surface area (Å²) in [5.74, 6) is -0.831. The molecular formula is C9H10N2O2. The van der Waals surface area contributed by atoms with Crippen LogP contribution in [0.5, 0.6) is 0 Å². The first kappa shape index (κ1) is 7.91. The van der Waals surface area contributed by atoms with Crippen LogP contribution in [0.25, 0.3) is 0 Å². The van der Waals surface area contributed by atoms with Crippen LogP contribution in [0.2, 0.25) is 0 Å². The molecule has 0 aliphatic carbocycles. The van der Waals surface area contributed by atoms with Crippen molar-refractivity contribution in [1.29, 1.82) is 0 Å². The molecular weight excluding hydrogens is 168 g/mol. The van der Waals surface area contributed by atoms with Crippen molar-refractivity contribution in [3.8, 4) is 0 Å². The topological polar surface area (TPSA) is 61.4 Å². The van der Waals surface area contributed by atoms with Crippen molar-refractivity contribution < 1.29 is 9.90 Å². The summed E-state index contributed by atoms with van der Waals surface area (Å²) < 4.78 is 0. The summed E-state index contributed by atoms with van der Waals surface area (Å²) in [5, 5.41) is 14.7. The third kappa shape index (κ3) is 1.42. The molecule has 3 N–H and O–H groups in total. The predicted molar refractivity (Wildman–Crippen MR) is 50.0 cm³/mol. The van der Waals surface area contributed by atoms with Crippen molar-refractivity contribution in [3.63, 3.8) is 0 Å². The molecule has 1 aromatic carbocycles. The third-order valence-corrected chi connectivity index (χ3v) is 2.05. The molecule has 1 heterocycles. The van der Waals surface area contributed by atoms with E-state index < -0.39 is 12.0 Å². The van der Waals surface area contributed by atoms with Crippen molar-refractivity contribution in [3.05, 3.63) is 24.3 Å². The molecule has 0 bridgehead atoms. The molecule has 2 rings (SSSR count). The maximum absolute atomic E-state index is 10.7. The molecule has 1 atom stereocenters. The van der Waals surface area contributed by atoms with E-state index in [0.717, 1.165) is 11.4 Å². The zero-order valence-electron chi connectivity index (χ0n) is 6.95. The van der Waals surface area contributed by atoms with Crippen molar-refractivity contribution in [1.82, 2.24) is 0 Å². The summed E-state index contributed by atoms with van der Waals surface area (Å²) in [5.41, 5.74) is 1.81. The van der Waals surface area contributed by atoms with Gasteiger partial charge in [0.05, 0.1) is 11.4 Å². The fourth-order valence-electron chi connectivity index (χ4n) is 1.36. The van der Waals surface area contributed by atoms with E-state index in [1.165, 1.54) is 0 Å². The Balaban J connectivity index is 2.24. The zero-order valence-corrected chi connectivity index (χ0v) is 6.95. The fourth-order valence-corrected chi connectivity index (χ4v) is 1.36. The lowest BCUT2D eigenvalue weighted by Crippen LogP contribution is -2.39. The molecule has 0 aromatic heterocycles. The summed E-state index contributed by atoms with van der Waals surface area (Å²) in [6.07, 6.45) is 0. The van der Waals surface area contributed by atoms with Crippen LogP contribution >= 0.6 is 0 Å². The van der Waals surface area contributed by atoms with Crippen LogP contribution < -0.4 is 10.6 Å². The number of anilines is 2. The standard InChI is InChI=1S/C9H10N2O2/c12-9(13)8-5-10-6-3-1-2-4-7(6)11-8/h1-4,8,10-11H,5H2,(H,12,13)/t8-/m1/s1. The fraction of sp³-hybridized carbons (Fsp3) is 0.222. The number of hydrogen-bond acceptors (Lipinski definition) is 3. The average Bonchev–Trinajstić information content (AvgIpc) is 2.17. The summed E-state index contributed by atoms with van der Waals surface area (Å²) in [7, 11) is 0. The molecule has 0 saturated carbocycles. The lowest BCUT2D eigenvalue weighted by Gasteiger charge is -2.25. The maximum atomic E-state index is 10.7. The van der Waals surface area contributed by atoms with Gasteiger partial charge in [0, 0.05) is 6.54 Å². The molecule has 0 radical (unpaired) electrons. The van der Waals surface area contributed by atoms with Gasteiger partial charge >= 0.3 is 5.97 Å². The lowest BCUT2D eigenvalue weighted by molar-refractivity contribution is -0.137. The number of rotatable bonds is 1. The van der Waals surface area contributed by atoms with E-state index in [1.807, 2.05) is 24.3 Å². The van der Waals surface area contributed by atoms with Crippen molar-refractivity contribution in [2.75, 3.05) is 17.2 Å². The van der Waals surface area contributed by atoms with Crippen molar-refractivity contribution in [2.24, 2.45) is 0 Å². The first-order valence-electron chi connectivity index (χ1n) is 4.09. The normalized spacial score (nSPS) is 19.5. The Kier molecular flexibility index (Phi) is 1.81. The zero-order chi connectivity index (χ0) is 9.26. The van der Waals surface area contributed by atoms with Crippen LogP contribution in [0, 0.1) is 0 Å². The molecule has 68 valence electrons. The van der Waals surface area contributed by atoms with E-state index in [1.54, 1.807) is 0 Å². The van der Waals surface area contributed by atoms with E-state index >= 15 is 0 Å². The highest BCUT2D eigenvalue weighted by Crippen LogP contribution is 2.24. The summed E-state index contributed by atoms with van der Waals surface area (Å²) in [4.78, 5) is 10.7. The SMILES string of the molecule is O=C(O)[C@H]1CNc2ccccc2N1. The Hall–Kier alpha value is -1.71. The molecule has 0 fully saturated rings. The Morgan fingerprint density at radius 3 is 2.77 bits per heavy atom. The minimum atomic E-state index is -0.831. The second-order valence-corrected chi connectivity index (χ2v) is 2.96. The molecule has 0 unspecified atom stereocenters. The van der Waals surface area contributed by atoms with Gasteiger partial charge in [-0.15, -0.1) is 0 Å². The number of carboxylic acids is 1. The van der Waals surface area contributed by atoms with Gasteiger partial charge in [0.2, 0.25) is 0 Å². The van der Waals surface area contributed by atoms with Crippen LogP contribution in [0.15, 0.2) is 24.3 Å². The second-order valence-electron chi connectivity index (χ2n) is 2.96. The van der Waals surface area contributed by atoms with Gasteiger partial charge in [-0.3, -0.25) is 0 Å². The highest BCUT2D eigenvalue weighted by Gasteiger charge is 2.21. The van der Waals surface area contributed by atoms with Gasteiger partial charge in [0.15, 0.2) is 0 Å². The van der Waals surface area contributed by atoms with Crippen molar-refractivity contribution in [2.45, 2.75) is 6.04 Å². The number of aliphatic carboxylic acids is 1. The molecule has 0 saturated heterocycles. The molecule has 4 heteroatoms. The van der Waals surface area contributed by atoms with E-state index in [2.05, 4.69) is 10.6 Å². The summed E-state index contributed by atoms with van der Waals surface area (Å²) in [6, 6.07) is 7.03. The van der Waals surface area contributed by atoms with Crippen LogP contribution in [-0.4, -0.2) is 23.7 Å². The van der Waals surface area contributed by atoms with Crippen LogP contribution in [0.3, 0.4) is 0 Å². The predicted octanol–water partition coefficient (Wildman–Crippen LogP) is 0.977. The maximum Gasteiger partial charge on any atom is 0.327 e. The highest BCUT2D eigenvalue weighted by atomic mass is 16.4. The highest BCUT2D eigenvalue weighted by molar-refractivity contribution is 5.83. The Morgan fingerprint density at radius 2 is 2.08 bits per heavy atom. The number of para-hydroxylation sites is 2. The molecule has 1 aliphatic rings. The summed E-state index contributed by atoms with van der Waals surface area (Å²) >= 11 is 0. The molecule has 4 nitrogen and oxygen atoms in total. The van der Waals surface area contributed by atoms with Crippen LogP contribution in [-0.2, 0) is 4.79 Å². The Morgan fingerprint density at radius 1 is 1.38 bits per heavy atom. The van der Waals surface area contributed by atoms with Crippen LogP contribution in [0.4, 0.5) is 11.4 Å². The third-order valence-electron chi connectivity index (χ3n) is 2.05. The smallest absolute Gasteiger partial charge is 0.327 e. The number of nitrogens with one attached hydrogen (secondary N) is 2. The van der Waals surface area contributed by atoms with Gasteiger partial charge in [-0.25, -0.2) is 4.79 Å². The second kappa shape index (κ2) is 2.97. The van der Waals surface area contributed by atoms with E-state index in [-0.39, 0.29) is 0 Å². The summed E-state index contributed by atoms with van der Waals surface area (Å²) in [6.45, 7) is 0.423. The van der Waals surface area contributed by atoms with E-state index in [9.17, 15) is 4.79 Å². The number of fused-ring (bicyclic) bond motifs is 1. The minimum Gasteiger partial charge on any atom is -0.480 e. The quantitative estimate of drug-likeness (QED) is 0.599. The largest absolute Gasteiger partial charge is 0.480 e. The lowest BCUT2D eigenvalue weighted by atomic mass is 10.1. The average molecular weight is 178 g/mol. The Bertz CT molecular complexity index is 338.